The summed E-state index contributed by atoms with van der Waals surface area (Å²) in [6.07, 6.45) is 0.894. The summed E-state index contributed by atoms with van der Waals surface area (Å²) < 4.78 is 42.6. The molecule has 0 aliphatic rings. The fraction of sp³-hybridized carbons (Fsp3) is 0.200. The van der Waals surface area contributed by atoms with Crippen molar-refractivity contribution in [2.45, 2.75) is 19.7 Å². The summed E-state index contributed by atoms with van der Waals surface area (Å²) in [4.78, 5) is 12.9. The molecule has 158 valence electrons. The van der Waals surface area contributed by atoms with Gasteiger partial charge in [0.2, 0.25) is 0 Å². The maximum Gasteiger partial charge on any atom is 0.272 e. The summed E-state index contributed by atoms with van der Waals surface area (Å²) in [6.45, 7) is -0.410. The molecule has 3 rings (SSSR count). The third-order valence-corrected chi connectivity index (χ3v) is 5.23. The van der Waals surface area contributed by atoms with Gasteiger partial charge < -0.3 is 5.73 Å². The highest BCUT2D eigenvalue weighted by Crippen LogP contribution is 2.22. The Morgan fingerprint density at radius 2 is 1.87 bits per heavy atom. The van der Waals surface area contributed by atoms with Gasteiger partial charge in [-0.25, -0.2) is 9.07 Å². The average molecular weight is 452 g/mol. The molecule has 3 aromatic rings. The zero-order valence-corrected chi connectivity index (χ0v) is 17.6. The van der Waals surface area contributed by atoms with Crippen LogP contribution in [-0.2, 0) is 34.0 Å². The summed E-state index contributed by atoms with van der Waals surface area (Å²) in [5.41, 5.74) is 6.93. The summed E-state index contributed by atoms with van der Waals surface area (Å²) >= 11 is 6.20. The third kappa shape index (κ3) is 5.31. The third-order valence-electron chi connectivity index (χ3n) is 4.32. The zero-order chi connectivity index (χ0) is 21.9. The maximum atomic E-state index is 13.8. The van der Waals surface area contributed by atoms with E-state index in [4.69, 9.17) is 21.5 Å². The highest BCUT2D eigenvalue weighted by atomic mass is 35.5. The lowest BCUT2D eigenvalue weighted by Crippen LogP contribution is -2.28. The van der Waals surface area contributed by atoms with E-state index in [-0.39, 0.29) is 24.2 Å². The molecular weight excluding hydrogens is 433 g/mol. The molecule has 0 spiro atoms. The van der Waals surface area contributed by atoms with Gasteiger partial charge in [-0.2, -0.15) is 13.5 Å². The van der Waals surface area contributed by atoms with Crippen molar-refractivity contribution >= 4 is 21.7 Å². The van der Waals surface area contributed by atoms with E-state index in [1.165, 1.54) is 28.9 Å². The first-order valence-electron chi connectivity index (χ1n) is 8.85. The maximum absolute atomic E-state index is 13.8. The Hall–Kier alpha value is -2.59. The number of aromatic nitrogens is 2. The molecule has 0 bridgehead atoms. The second kappa shape index (κ2) is 9.05. The molecule has 0 saturated carbocycles. The van der Waals surface area contributed by atoms with Crippen LogP contribution in [0, 0.1) is 5.82 Å². The fourth-order valence-corrected chi connectivity index (χ4v) is 3.33. The van der Waals surface area contributed by atoms with Gasteiger partial charge in [-0.1, -0.05) is 29.8 Å². The Labute approximate surface area is 178 Å². The lowest BCUT2D eigenvalue weighted by molar-refractivity contribution is 0.308. The Kier molecular flexibility index (Phi) is 6.67. The van der Waals surface area contributed by atoms with E-state index in [0.29, 0.717) is 21.8 Å². The molecule has 0 amide bonds. The summed E-state index contributed by atoms with van der Waals surface area (Å²) in [6, 6.07) is 12.7. The van der Waals surface area contributed by atoms with Crippen molar-refractivity contribution in [1.82, 2.24) is 9.78 Å². The molecule has 0 saturated heterocycles. The Morgan fingerprint density at radius 3 is 2.53 bits per heavy atom. The van der Waals surface area contributed by atoms with Gasteiger partial charge in [0.05, 0.1) is 25.1 Å². The van der Waals surface area contributed by atoms with Crippen molar-refractivity contribution in [3.05, 3.63) is 86.4 Å². The second-order valence-corrected chi connectivity index (χ2v) is 8.64. The van der Waals surface area contributed by atoms with Crippen LogP contribution >= 0.6 is 11.6 Å². The van der Waals surface area contributed by atoms with E-state index in [1.807, 2.05) is 0 Å². The summed E-state index contributed by atoms with van der Waals surface area (Å²) in [5.74, 6) is -0.453. The average Bonchev–Trinajstić information content (AvgIpc) is 2.70. The van der Waals surface area contributed by atoms with Gasteiger partial charge in [-0.05, 0) is 35.9 Å². The van der Waals surface area contributed by atoms with Crippen LogP contribution in [-0.4, -0.2) is 24.5 Å². The van der Waals surface area contributed by atoms with Crippen LogP contribution in [0.15, 0.2) is 53.3 Å². The van der Waals surface area contributed by atoms with Gasteiger partial charge in [-0.3, -0.25) is 8.98 Å². The minimum Gasteiger partial charge on any atom is -0.326 e. The molecule has 30 heavy (non-hydrogen) atoms. The quantitative estimate of drug-likeness (QED) is 0.554. The topological polar surface area (TPSA) is 104 Å². The van der Waals surface area contributed by atoms with E-state index >= 15 is 0 Å². The highest BCUT2D eigenvalue weighted by molar-refractivity contribution is 7.85. The van der Waals surface area contributed by atoms with E-state index in [0.717, 1.165) is 6.26 Å². The van der Waals surface area contributed by atoms with Crippen molar-refractivity contribution in [3.8, 4) is 11.3 Å². The first-order valence-corrected chi connectivity index (χ1v) is 11.0. The Morgan fingerprint density at radius 1 is 1.13 bits per heavy atom. The van der Waals surface area contributed by atoms with Crippen molar-refractivity contribution < 1.29 is 17.0 Å². The minimum atomic E-state index is -3.77. The number of hydrogen-bond acceptors (Lipinski definition) is 6. The Balaban J connectivity index is 2.12. The predicted octanol–water partition coefficient (Wildman–Crippen LogP) is 2.69. The molecule has 0 aliphatic heterocycles. The molecule has 2 aromatic carbocycles. The van der Waals surface area contributed by atoms with Gasteiger partial charge in [0.15, 0.2) is 0 Å². The fourth-order valence-electron chi connectivity index (χ4n) is 2.80. The van der Waals surface area contributed by atoms with Crippen LogP contribution < -0.4 is 11.3 Å². The molecule has 0 unspecified atom stereocenters. The second-order valence-electron chi connectivity index (χ2n) is 6.59. The lowest BCUT2D eigenvalue weighted by Gasteiger charge is -2.12. The highest BCUT2D eigenvalue weighted by Gasteiger charge is 2.15. The van der Waals surface area contributed by atoms with Gasteiger partial charge in [0.1, 0.15) is 5.82 Å². The molecule has 0 atom stereocenters. The van der Waals surface area contributed by atoms with Crippen molar-refractivity contribution in [1.29, 1.82) is 0 Å². The number of rotatable bonds is 7. The normalized spacial score (nSPS) is 11.6. The summed E-state index contributed by atoms with van der Waals surface area (Å²) in [5, 5.41) is 4.82. The van der Waals surface area contributed by atoms with E-state index in [9.17, 15) is 17.6 Å². The van der Waals surface area contributed by atoms with E-state index < -0.39 is 28.1 Å². The van der Waals surface area contributed by atoms with Crippen LogP contribution in [0.3, 0.4) is 0 Å². The van der Waals surface area contributed by atoms with E-state index in [2.05, 4.69) is 5.10 Å². The number of nitrogens with two attached hydrogens (primary N) is 1. The van der Waals surface area contributed by atoms with Gasteiger partial charge in [0, 0.05) is 28.3 Å². The first-order chi connectivity index (χ1) is 14.2. The summed E-state index contributed by atoms with van der Waals surface area (Å²) in [7, 11) is -3.77. The van der Waals surface area contributed by atoms with Crippen LogP contribution in [0.4, 0.5) is 4.39 Å². The van der Waals surface area contributed by atoms with Crippen molar-refractivity contribution in [2.75, 3.05) is 6.26 Å². The first kappa shape index (κ1) is 22.1. The molecule has 0 fully saturated rings. The molecule has 7 nitrogen and oxygen atoms in total. The SMILES string of the molecule is CS(=O)(=O)OCc1cc(-c2ccc(F)c(CN)c2)nn(Cc2ccccc2Cl)c1=O. The zero-order valence-electron chi connectivity index (χ0n) is 16.0. The lowest BCUT2D eigenvalue weighted by atomic mass is 10.1. The molecule has 0 aliphatic carbocycles. The van der Waals surface area contributed by atoms with Crippen molar-refractivity contribution in [2.24, 2.45) is 5.73 Å². The largest absolute Gasteiger partial charge is 0.326 e. The number of nitrogens with zero attached hydrogens (tertiary/aromatic N) is 2. The minimum absolute atomic E-state index is 0.0109. The number of halogens is 2. The molecule has 1 heterocycles. The van der Waals surface area contributed by atoms with Gasteiger partial charge in [0.25, 0.3) is 15.7 Å². The molecule has 1 aromatic heterocycles. The number of hydrogen-bond donors (Lipinski definition) is 1. The smallest absolute Gasteiger partial charge is 0.272 e. The molecule has 2 N–H and O–H groups in total. The standard InChI is InChI=1S/C20H19ClFN3O4S/c1-30(27,28)29-12-16-9-19(13-6-7-18(22)15(8-13)10-23)24-25(20(16)26)11-14-4-2-3-5-17(14)21/h2-9H,10-12,23H2,1H3. The predicted molar refractivity (Wildman–Crippen MR) is 112 cm³/mol. The van der Waals surface area contributed by atoms with E-state index in [1.54, 1.807) is 24.3 Å². The van der Waals surface area contributed by atoms with Crippen LogP contribution in [0.2, 0.25) is 5.02 Å². The number of benzene rings is 2. The molecule has 0 radical (unpaired) electrons. The van der Waals surface area contributed by atoms with Gasteiger partial charge in [-0.15, -0.1) is 0 Å². The monoisotopic (exact) mass is 451 g/mol. The van der Waals surface area contributed by atoms with Crippen molar-refractivity contribution in [3.63, 3.8) is 0 Å². The van der Waals surface area contributed by atoms with Gasteiger partial charge >= 0.3 is 0 Å². The van der Waals surface area contributed by atoms with Crippen LogP contribution in [0.5, 0.6) is 0 Å². The molecular formula is C20H19ClFN3O4S. The Bertz CT molecular complexity index is 1250. The van der Waals surface area contributed by atoms with Crippen LogP contribution in [0.25, 0.3) is 11.3 Å². The van der Waals surface area contributed by atoms with Crippen LogP contribution in [0.1, 0.15) is 16.7 Å². The molecule has 10 heteroatoms.